The van der Waals surface area contributed by atoms with Crippen molar-refractivity contribution >= 4 is 5.97 Å². The minimum Gasteiger partial charge on any atom is -0.493 e. The van der Waals surface area contributed by atoms with Gasteiger partial charge in [0.25, 0.3) is 0 Å². The normalized spacial score (nSPS) is 11.1. The molecule has 26 heavy (non-hydrogen) atoms. The molecule has 0 unspecified atom stereocenters. The van der Waals surface area contributed by atoms with Crippen molar-refractivity contribution in [2.45, 2.75) is 25.9 Å². The van der Waals surface area contributed by atoms with E-state index in [1.165, 1.54) is 12.1 Å². The maximum Gasteiger partial charge on any atom is 0.416 e. The highest BCUT2D eigenvalue weighted by molar-refractivity contribution is 5.69. The Morgan fingerprint density at radius 1 is 0.885 bits per heavy atom. The second kappa shape index (κ2) is 9.12. The van der Waals surface area contributed by atoms with Crippen molar-refractivity contribution in [3.05, 3.63) is 54.1 Å². The van der Waals surface area contributed by atoms with E-state index in [4.69, 9.17) is 14.2 Å². The molecular formula is C19H19F3O4. The second-order valence-electron chi connectivity index (χ2n) is 5.41. The molecule has 2 aromatic rings. The molecule has 4 nitrogen and oxygen atoms in total. The van der Waals surface area contributed by atoms with E-state index in [9.17, 15) is 18.0 Å². The summed E-state index contributed by atoms with van der Waals surface area (Å²) in [6.07, 6.45) is -3.45. The van der Waals surface area contributed by atoms with Gasteiger partial charge in [0.1, 0.15) is 17.2 Å². The third-order valence-corrected chi connectivity index (χ3v) is 3.28. The molecule has 0 aliphatic carbocycles. The van der Waals surface area contributed by atoms with E-state index in [1.807, 2.05) is 6.92 Å². The smallest absolute Gasteiger partial charge is 0.416 e. The highest BCUT2D eigenvalue weighted by atomic mass is 19.4. The van der Waals surface area contributed by atoms with E-state index in [2.05, 4.69) is 0 Å². The molecule has 0 bridgehead atoms. The van der Waals surface area contributed by atoms with Crippen molar-refractivity contribution in [2.75, 3.05) is 13.2 Å². The molecule has 0 aliphatic heterocycles. The third kappa shape index (κ3) is 6.31. The maximum absolute atomic E-state index is 12.5. The number of esters is 1. The fraction of sp³-hybridized carbons (Fsp3) is 0.316. The molecule has 0 aromatic heterocycles. The second-order valence-corrected chi connectivity index (χ2v) is 5.41. The van der Waals surface area contributed by atoms with Crippen LogP contribution in [0.15, 0.2) is 48.5 Å². The number of rotatable bonds is 8. The fourth-order valence-electron chi connectivity index (χ4n) is 1.99. The Balaban J connectivity index is 1.82. The average Bonchev–Trinajstić information content (AvgIpc) is 2.61. The predicted molar refractivity (Wildman–Crippen MR) is 89.3 cm³/mol. The van der Waals surface area contributed by atoms with Crippen LogP contribution in [-0.2, 0) is 15.7 Å². The van der Waals surface area contributed by atoms with E-state index in [-0.39, 0.29) is 19.0 Å². The molecule has 0 fully saturated rings. The van der Waals surface area contributed by atoms with Gasteiger partial charge in [-0.2, -0.15) is 13.2 Å². The minimum atomic E-state index is -4.37. The van der Waals surface area contributed by atoms with Crippen molar-refractivity contribution in [2.24, 2.45) is 0 Å². The molecule has 0 spiro atoms. The number of carbonyl (C=O) groups excluding carboxylic acids is 1. The largest absolute Gasteiger partial charge is 0.493 e. The summed E-state index contributed by atoms with van der Waals surface area (Å²) in [7, 11) is 0. The quantitative estimate of drug-likeness (QED) is 0.599. The lowest BCUT2D eigenvalue weighted by Crippen LogP contribution is -2.10. The van der Waals surface area contributed by atoms with Crippen LogP contribution in [0.1, 0.15) is 25.3 Å². The van der Waals surface area contributed by atoms with Crippen molar-refractivity contribution in [1.29, 1.82) is 0 Å². The summed E-state index contributed by atoms with van der Waals surface area (Å²) in [6.45, 7) is 2.51. The van der Waals surface area contributed by atoms with E-state index in [0.29, 0.717) is 23.9 Å². The van der Waals surface area contributed by atoms with Gasteiger partial charge in [-0.15, -0.1) is 0 Å². The molecule has 2 rings (SSSR count). The summed E-state index contributed by atoms with van der Waals surface area (Å²) in [6, 6.07) is 11.0. The van der Waals surface area contributed by atoms with E-state index in [0.717, 1.165) is 18.6 Å². The van der Waals surface area contributed by atoms with Gasteiger partial charge in [-0.1, -0.05) is 6.92 Å². The zero-order valence-electron chi connectivity index (χ0n) is 14.2. The number of benzene rings is 2. The fourth-order valence-corrected chi connectivity index (χ4v) is 1.99. The van der Waals surface area contributed by atoms with Gasteiger partial charge in [-0.25, -0.2) is 0 Å². The molecule has 0 saturated carbocycles. The van der Waals surface area contributed by atoms with Crippen LogP contribution < -0.4 is 9.47 Å². The molecule has 2 aromatic carbocycles. The highest BCUT2D eigenvalue weighted by Gasteiger charge is 2.30. The Kier molecular flexibility index (Phi) is 6.89. The molecule has 0 atom stereocenters. The van der Waals surface area contributed by atoms with E-state index < -0.39 is 11.7 Å². The summed E-state index contributed by atoms with van der Waals surface area (Å²) in [5.41, 5.74) is -0.730. The van der Waals surface area contributed by atoms with E-state index >= 15 is 0 Å². The summed E-state index contributed by atoms with van der Waals surface area (Å²) >= 11 is 0. The van der Waals surface area contributed by atoms with Gasteiger partial charge < -0.3 is 14.2 Å². The van der Waals surface area contributed by atoms with Gasteiger partial charge in [0, 0.05) is 0 Å². The van der Waals surface area contributed by atoms with Crippen LogP contribution in [0.2, 0.25) is 0 Å². The first-order valence-electron chi connectivity index (χ1n) is 8.12. The number of hydrogen-bond acceptors (Lipinski definition) is 4. The van der Waals surface area contributed by atoms with E-state index in [1.54, 1.807) is 24.3 Å². The first-order chi connectivity index (χ1) is 12.4. The number of alkyl halides is 3. The summed E-state index contributed by atoms with van der Waals surface area (Å²) in [5.74, 6) is 0.993. The monoisotopic (exact) mass is 368 g/mol. The first kappa shape index (κ1) is 19.6. The lowest BCUT2D eigenvalue weighted by molar-refractivity contribution is -0.144. The molecular weight excluding hydrogens is 349 g/mol. The minimum absolute atomic E-state index is 0.157. The van der Waals surface area contributed by atoms with Crippen molar-refractivity contribution in [1.82, 2.24) is 0 Å². The van der Waals surface area contributed by atoms with Crippen LogP contribution in [-0.4, -0.2) is 19.2 Å². The zero-order chi connectivity index (χ0) is 19.0. The molecule has 0 saturated heterocycles. The molecule has 0 aliphatic rings. The Morgan fingerprint density at radius 3 is 1.96 bits per heavy atom. The average molecular weight is 368 g/mol. The van der Waals surface area contributed by atoms with Crippen LogP contribution in [0.3, 0.4) is 0 Å². The van der Waals surface area contributed by atoms with Crippen LogP contribution in [0.4, 0.5) is 13.2 Å². The zero-order valence-corrected chi connectivity index (χ0v) is 14.2. The molecule has 0 amide bonds. The van der Waals surface area contributed by atoms with Crippen molar-refractivity contribution in [3.63, 3.8) is 0 Å². The van der Waals surface area contributed by atoms with Crippen LogP contribution >= 0.6 is 0 Å². The standard InChI is InChI=1S/C19H19F3O4/c1-2-12-25-18(23)11-13-24-15-7-9-17(10-8-15)26-16-5-3-14(4-6-16)19(20,21)22/h3-10H,2,11-13H2,1H3. The summed E-state index contributed by atoms with van der Waals surface area (Å²) < 4.78 is 53.4. The van der Waals surface area contributed by atoms with Crippen molar-refractivity contribution in [3.8, 4) is 17.2 Å². The first-order valence-corrected chi connectivity index (χ1v) is 8.12. The number of ether oxygens (including phenoxy) is 3. The Morgan fingerprint density at radius 2 is 1.42 bits per heavy atom. The molecule has 7 heteroatoms. The van der Waals surface area contributed by atoms with Crippen LogP contribution in [0.5, 0.6) is 17.2 Å². The Hall–Kier alpha value is -2.70. The number of halogens is 3. The maximum atomic E-state index is 12.5. The molecule has 0 N–H and O–H groups in total. The van der Waals surface area contributed by atoms with Crippen LogP contribution in [0, 0.1) is 0 Å². The lowest BCUT2D eigenvalue weighted by Gasteiger charge is -2.10. The topological polar surface area (TPSA) is 44.8 Å². The number of hydrogen-bond donors (Lipinski definition) is 0. The molecule has 0 heterocycles. The van der Waals surface area contributed by atoms with Crippen LogP contribution in [0.25, 0.3) is 0 Å². The highest BCUT2D eigenvalue weighted by Crippen LogP contribution is 2.31. The summed E-state index contributed by atoms with van der Waals surface area (Å²) in [5, 5.41) is 0. The molecule has 0 radical (unpaired) electrons. The van der Waals surface area contributed by atoms with Gasteiger partial charge >= 0.3 is 12.1 Å². The van der Waals surface area contributed by atoms with Gasteiger partial charge in [0.2, 0.25) is 0 Å². The van der Waals surface area contributed by atoms with Gasteiger partial charge in [-0.05, 0) is 55.0 Å². The lowest BCUT2D eigenvalue weighted by atomic mass is 10.2. The Bertz CT molecular complexity index is 694. The van der Waals surface area contributed by atoms with Gasteiger partial charge in [0.15, 0.2) is 0 Å². The molecule has 140 valence electrons. The Labute approximate surface area is 149 Å². The predicted octanol–water partition coefficient (Wildman–Crippen LogP) is 5.22. The summed E-state index contributed by atoms with van der Waals surface area (Å²) in [4.78, 5) is 11.3. The third-order valence-electron chi connectivity index (χ3n) is 3.28. The van der Waals surface area contributed by atoms with Crippen molar-refractivity contribution < 1.29 is 32.2 Å². The van der Waals surface area contributed by atoms with Gasteiger partial charge in [-0.3, -0.25) is 4.79 Å². The SMILES string of the molecule is CCCOC(=O)CCOc1ccc(Oc2ccc(C(F)(F)F)cc2)cc1. The van der Waals surface area contributed by atoms with Gasteiger partial charge in [0.05, 0.1) is 25.2 Å². The number of carbonyl (C=O) groups is 1.